The Bertz CT molecular complexity index is 438. The Balaban J connectivity index is 2.74. The molecule has 0 amide bonds. The zero-order valence-electron chi connectivity index (χ0n) is 11.4. The van der Waals surface area contributed by atoms with E-state index in [1.807, 2.05) is 44.2 Å². The lowest BCUT2D eigenvalue weighted by Gasteiger charge is -2.11. The van der Waals surface area contributed by atoms with E-state index in [1.165, 1.54) is 0 Å². The minimum atomic E-state index is -0.786. The lowest BCUT2D eigenvalue weighted by molar-refractivity contribution is -0.136. The molecule has 4 nitrogen and oxygen atoms in total. The van der Waals surface area contributed by atoms with Gasteiger partial charge in [-0.3, -0.25) is 4.79 Å². The predicted octanol–water partition coefficient (Wildman–Crippen LogP) is 3.36. The number of rotatable bonds is 8. The second-order valence-corrected chi connectivity index (χ2v) is 3.91. The van der Waals surface area contributed by atoms with Crippen LogP contribution in [0, 0.1) is 0 Å². The Hall–Kier alpha value is -1.97. The fourth-order valence-corrected chi connectivity index (χ4v) is 1.60. The van der Waals surface area contributed by atoms with E-state index in [-0.39, 0.29) is 6.42 Å². The first kappa shape index (κ1) is 15.1. The van der Waals surface area contributed by atoms with Gasteiger partial charge < -0.3 is 14.6 Å². The van der Waals surface area contributed by atoms with Crippen molar-refractivity contribution in [3.05, 3.63) is 29.8 Å². The van der Waals surface area contributed by atoms with Crippen molar-refractivity contribution < 1.29 is 19.4 Å². The molecule has 0 spiro atoms. The molecule has 19 heavy (non-hydrogen) atoms. The van der Waals surface area contributed by atoms with Gasteiger partial charge >= 0.3 is 5.97 Å². The number of benzene rings is 1. The minimum absolute atomic E-state index is 0.145. The molecule has 0 saturated heterocycles. The molecular weight excluding hydrogens is 244 g/mol. The maximum absolute atomic E-state index is 10.4. The first-order valence-corrected chi connectivity index (χ1v) is 6.45. The summed E-state index contributed by atoms with van der Waals surface area (Å²) >= 11 is 0. The van der Waals surface area contributed by atoms with E-state index in [9.17, 15) is 4.79 Å². The van der Waals surface area contributed by atoms with Crippen molar-refractivity contribution in [1.29, 1.82) is 0 Å². The fraction of sp³-hybridized carbons (Fsp3) is 0.400. The molecule has 0 radical (unpaired) electrons. The molecule has 0 heterocycles. The van der Waals surface area contributed by atoms with Crippen molar-refractivity contribution in [3.63, 3.8) is 0 Å². The van der Waals surface area contributed by atoms with Crippen LogP contribution >= 0.6 is 0 Å². The van der Waals surface area contributed by atoms with E-state index in [2.05, 4.69) is 0 Å². The van der Waals surface area contributed by atoms with Crippen LogP contribution in [0.15, 0.2) is 24.3 Å². The van der Waals surface area contributed by atoms with Crippen LogP contribution in [0.1, 0.15) is 32.3 Å². The van der Waals surface area contributed by atoms with E-state index >= 15 is 0 Å². The van der Waals surface area contributed by atoms with Crippen LogP contribution < -0.4 is 9.47 Å². The maximum Gasteiger partial charge on any atom is 0.303 e. The maximum atomic E-state index is 10.4. The summed E-state index contributed by atoms with van der Waals surface area (Å²) in [5.74, 6) is 0.656. The Morgan fingerprint density at radius 2 is 1.89 bits per heavy atom. The fourth-order valence-electron chi connectivity index (χ4n) is 1.60. The highest BCUT2D eigenvalue weighted by Crippen LogP contribution is 2.29. The monoisotopic (exact) mass is 264 g/mol. The van der Waals surface area contributed by atoms with Crippen LogP contribution in [-0.4, -0.2) is 24.3 Å². The summed E-state index contributed by atoms with van der Waals surface area (Å²) in [6.07, 6.45) is 4.40. The summed E-state index contributed by atoms with van der Waals surface area (Å²) in [4.78, 5) is 10.4. The van der Waals surface area contributed by atoms with Crippen LogP contribution in [-0.2, 0) is 4.79 Å². The molecule has 1 aromatic carbocycles. The normalized spacial score (nSPS) is 10.6. The summed E-state index contributed by atoms with van der Waals surface area (Å²) in [5, 5.41) is 8.55. The molecular formula is C15H20O4. The molecule has 104 valence electrons. The number of aliphatic carboxylic acids is 1. The Labute approximate surface area is 113 Å². The average Bonchev–Trinajstić information content (AvgIpc) is 2.38. The molecule has 0 aromatic heterocycles. The van der Waals surface area contributed by atoms with Gasteiger partial charge in [-0.1, -0.05) is 18.2 Å². The summed E-state index contributed by atoms with van der Waals surface area (Å²) < 4.78 is 11.0. The molecule has 1 N–H and O–H groups in total. The number of ether oxygens (including phenoxy) is 2. The Kier molecular flexibility index (Phi) is 6.50. The molecule has 0 bridgehead atoms. The Morgan fingerprint density at radius 3 is 2.53 bits per heavy atom. The standard InChI is InChI=1S/C15H20O4/c1-3-18-13-10-9-12(11-14(13)19-4-2)7-5-6-8-15(16)17/h5,7,9-11H,3-4,6,8H2,1-2H3,(H,16,17). The molecule has 0 saturated carbocycles. The zero-order chi connectivity index (χ0) is 14.1. The van der Waals surface area contributed by atoms with Gasteiger partial charge in [0.25, 0.3) is 0 Å². The third kappa shape index (κ3) is 5.46. The topological polar surface area (TPSA) is 55.8 Å². The summed E-state index contributed by atoms with van der Waals surface area (Å²) in [6, 6.07) is 5.68. The average molecular weight is 264 g/mol. The molecule has 0 aliphatic rings. The van der Waals surface area contributed by atoms with E-state index in [0.29, 0.717) is 25.4 Å². The van der Waals surface area contributed by atoms with Crippen LogP contribution in [0.2, 0.25) is 0 Å². The second-order valence-electron chi connectivity index (χ2n) is 3.91. The number of hydrogen-bond donors (Lipinski definition) is 1. The van der Waals surface area contributed by atoms with Gasteiger partial charge in [0.05, 0.1) is 13.2 Å². The smallest absolute Gasteiger partial charge is 0.303 e. The van der Waals surface area contributed by atoms with Crippen molar-refractivity contribution in [2.75, 3.05) is 13.2 Å². The highest BCUT2D eigenvalue weighted by molar-refractivity contribution is 5.67. The van der Waals surface area contributed by atoms with E-state index < -0.39 is 5.97 Å². The molecule has 1 rings (SSSR count). The number of carbonyl (C=O) groups is 1. The lowest BCUT2D eigenvalue weighted by Crippen LogP contribution is -1.98. The van der Waals surface area contributed by atoms with Gasteiger partial charge in [-0.05, 0) is 38.0 Å². The quantitative estimate of drug-likeness (QED) is 0.782. The minimum Gasteiger partial charge on any atom is -0.490 e. The molecule has 0 aliphatic carbocycles. The number of carboxylic acids is 1. The second kappa shape index (κ2) is 8.19. The number of hydrogen-bond acceptors (Lipinski definition) is 3. The lowest BCUT2D eigenvalue weighted by atomic mass is 10.1. The highest BCUT2D eigenvalue weighted by atomic mass is 16.5. The van der Waals surface area contributed by atoms with E-state index in [4.69, 9.17) is 14.6 Å². The summed E-state index contributed by atoms with van der Waals surface area (Å²) in [6.45, 7) is 5.01. The summed E-state index contributed by atoms with van der Waals surface area (Å²) in [5.41, 5.74) is 0.970. The van der Waals surface area contributed by atoms with Gasteiger partial charge in [-0.15, -0.1) is 0 Å². The first-order chi connectivity index (χ1) is 9.17. The van der Waals surface area contributed by atoms with Gasteiger partial charge in [0.1, 0.15) is 0 Å². The van der Waals surface area contributed by atoms with Gasteiger partial charge in [-0.25, -0.2) is 0 Å². The van der Waals surface area contributed by atoms with Crippen LogP contribution in [0.3, 0.4) is 0 Å². The van der Waals surface area contributed by atoms with E-state index in [0.717, 1.165) is 11.3 Å². The SMILES string of the molecule is CCOc1ccc(C=CCCC(=O)O)cc1OCC. The van der Waals surface area contributed by atoms with Crippen LogP contribution in [0.5, 0.6) is 11.5 Å². The van der Waals surface area contributed by atoms with Gasteiger partial charge in [0.15, 0.2) is 11.5 Å². The van der Waals surface area contributed by atoms with Crippen LogP contribution in [0.25, 0.3) is 6.08 Å². The Morgan fingerprint density at radius 1 is 1.21 bits per heavy atom. The van der Waals surface area contributed by atoms with Crippen molar-refractivity contribution >= 4 is 12.0 Å². The van der Waals surface area contributed by atoms with Gasteiger partial charge in [-0.2, -0.15) is 0 Å². The summed E-state index contributed by atoms with van der Waals surface area (Å²) in [7, 11) is 0. The predicted molar refractivity (Wildman–Crippen MR) is 74.7 cm³/mol. The molecule has 0 atom stereocenters. The molecule has 0 fully saturated rings. The van der Waals surface area contributed by atoms with Crippen molar-refractivity contribution in [2.45, 2.75) is 26.7 Å². The van der Waals surface area contributed by atoms with Crippen LogP contribution in [0.4, 0.5) is 0 Å². The van der Waals surface area contributed by atoms with Crippen molar-refractivity contribution in [3.8, 4) is 11.5 Å². The first-order valence-electron chi connectivity index (χ1n) is 6.45. The molecule has 0 aliphatic heterocycles. The molecule has 0 unspecified atom stereocenters. The molecule has 1 aromatic rings. The highest BCUT2D eigenvalue weighted by Gasteiger charge is 2.04. The largest absolute Gasteiger partial charge is 0.490 e. The third-order valence-electron chi connectivity index (χ3n) is 2.40. The van der Waals surface area contributed by atoms with Gasteiger partial charge in [0, 0.05) is 6.42 Å². The van der Waals surface area contributed by atoms with Gasteiger partial charge in [0.2, 0.25) is 0 Å². The number of carboxylic acid groups (broad SMARTS) is 1. The van der Waals surface area contributed by atoms with Crippen molar-refractivity contribution in [1.82, 2.24) is 0 Å². The van der Waals surface area contributed by atoms with Crippen molar-refractivity contribution in [2.24, 2.45) is 0 Å². The van der Waals surface area contributed by atoms with E-state index in [1.54, 1.807) is 0 Å². The molecule has 4 heteroatoms. The zero-order valence-corrected chi connectivity index (χ0v) is 11.4. The number of allylic oxidation sites excluding steroid dienone is 1. The third-order valence-corrected chi connectivity index (χ3v) is 2.40.